The van der Waals surface area contributed by atoms with E-state index in [1.807, 2.05) is 30.3 Å². The summed E-state index contributed by atoms with van der Waals surface area (Å²) in [5.41, 5.74) is 1.84. The van der Waals surface area contributed by atoms with Gasteiger partial charge in [0.1, 0.15) is 0 Å². The topological polar surface area (TPSA) is 123 Å². The number of benzene rings is 2. The molecular weight excluding hydrogens is 394 g/mol. The second-order valence-electron chi connectivity index (χ2n) is 6.29. The minimum atomic E-state index is -0.485. The van der Waals surface area contributed by atoms with Crippen molar-refractivity contribution in [3.8, 4) is 0 Å². The molecule has 0 bridgehead atoms. The second kappa shape index (κ2) is 9.20. The number of rotatable bonds is 8. The molecule has 1 heterocycles. The Morgan fingerprint density at radius 3 is 2.72 bits per heavy atom. The predicted molar refractivity (Wildman–Crippen MR) is 110 cm³/mol. The summed E-state index contributed by atoms with van der Waals surface area (Å²) < 4.78 is 1.50. The van der Waals surface area contributed by atoms with E-state index in [1.165, 1.54) is 22.8 Å². The molecule has 150 valence electrons. The van der Waals surface area contributed by atoms with E-state index < -0.39 is 4.92 Å². The number of carbonyl (C=O) groups excluding carboxylic acids is 1. The molecule has 0 saturated carbocycles. The standard InChI is InChI=1S/C19H19N5O4S/c1-13-11-15(24(27)28)7-8-16(13)20-17(25)12-29-19-22-21-18(26)23(19)10-9-14-5-3-2-4-6-14/h2-8,11H,9-10,12H2,1H3,(H,20,25)(H,21,26). The highest BCUT2D eigenvalue weighted by atomic mass is 32.2. The smallest absolute Gasteiger partial charge is 0.325 e. The molecule has 3 rings (SSSR count). The Bertz CT molecular complexity index is 1080. The van der Waals surface area contributed by atoms with Crippen LogP contribution in [-0.2, 0) is 17.8 Å². The molecular formula is C19H19N5O4S. The number of nitrogens with zero attached hydrogens (tertiary/aromatic N) is 3. The third-order valence-corrected chi connectivity index (χ3v) is 5.19. The quantitative estimate of drug-likeness (QED) is 0.333. The third kappa shape index (κ3) is 5.32. The summed E-state index contributed by atoms with van der Waals surface area (Å²) in [6.07, 6.45) is 0.669. The number of aryl methyl sites for hydroxylation is 2. The van der Waals surface area contributed by atoms with Gasteiger partial charge in [-0.3, -0.25) is 19.5 Å². The van der Waals surface area contributed by atoms with Crippen LogP contribution in [0.4, 0.5) is 11.4 Å². The van der Waals surface area contributed by atoms with Crippen LogP contribution in [-0.4, -0.2) is 31.3 Å². The number of nitro groups is 1. The van der Waals surface area contributed by atoms with Gasteiger partial charge in [0.05, 0.1) is 10.7 Å². The molecule has 0 spiro atoms. The summed E-state index contributed by atoms with van der Waals surface area (Å²) in [4.78, 5) is 34.6. The fourth-order valence-electron chi connectivity index (χ4n) is 2.71. The zero-order valence-corrected chi connectivity index (χ0v) is 16.4. The van der Waals surface area contributed by atoms with Gasteiger partial charge in [-0.25, -0.2) is 9.89 Å². The summed E-state index contributed by atoms with van der Waals surface area (Å²) in [7, 11) is 0. The number of hydrogen-bond acceptors (Lipinski definition) is 6. The molecule has 1 aromatic heterocycles. The van der Waals surface area contributed by atoms with Crippen LogP contribution in [0.2, 0.25) is 0 Å². The van der Waals surface area contributed by atoms with Gasteiger partial charge < -0.3 is 5.32 Å². The van der Waals surface area contributed by atoms with Crippen LogP contribution in [0.1, 0.15) is 11.1 Å². The first-order valence-corrected chi connectivity index (χ1v) is 9.79. The molecule has 0 saturated heterocycles. The van der Waals surface area contributed by atoms with Crippen LogP contribution in [0.3, 0.4) is 0 Å². The normalized spacial score (nSPS) is 10.7. The lowest BCUT2D eigenvalue weighted by molar-refractivity contribution is -0.384. The zero-order valence-electron chi connectivity index (χ0n) is 15.6. The lowest BCUT2D eigenvalue weighted by Crippen LogP contribution is -2.20. The first-order valence-electron chi connectivity index (χ1n) is 8.81. The van der Waals surface area contributed by atoms with Gasteiger partial charge in [-0.15, -0.1) is 5.10 Å². The number of hydrogen-bond donors (Lipinski definition) is 2. The maximum Gasteiger partial charge on any atom is 0.343 e. The summed E-state index contributed by atoms with van der Waals surface area (Å²) in [5, 5.41) is 20.4. The molecule has 0 aliphatic heterocycles. The average molecular weight is 413 g/mol. The van der Waals surface area contributed by atoms with Crippen LogP contribution < -0.4 is 11.0 Å². The lowest BCUT2D eigenvalue weighted by Gasteiger charge is -2.08. The molecule has 0 radical (unpaired) electrons. The number of thioether (sulfide) groups is 1. The number of anilines is 1. The minimum absolute atomic E-state index is 0.0335. The summed E-state index contributed by atoms with van der Waals surface area (Å²) >= 11 is 1.14. The molecule has 2 aromatic carbocycles. The van der Waals surface area contributed by atoms with Crippen molar-refractivity contribution in [3.05, 3.63) is 80.3 Å². The van der Waals surface area contributed by atoms with E-state index >= 15 is 0 Å². The van der Waals surface area contributed by atoms with E-state index in [2.05, 4.69) is 15.5 Å². The van der Waals surface area contributed by atoms with Gasteiger partial charge in [0.25, 0.3) is 5.69 Å². The Hall–Kier alpha value is -3.40. The maximum atomic E-state index is 12.3. The van der Waals surface area contributed by atoms with Crippen LogP contribution >= 0.6 is 11.8 Å². The largest absolute Gasteiger partial charge is 0.343 e. The van der Waals surface area contributed by atoms with Crippen LogP contribution in [0, 0.1) is 17.0 Å². The first kappa shape index (κ1) is 20.3. The van der Waals surface area contributed by atoms with E-state index in [0.29, 0.717) is 29.4 Å². The predicted octanol–water partition coefficient (Wildman–Crippen LogP) is 2.76. The number of carbonyl (C=O) groups is 1. The van der Waals surface area contributed by atoms with E-state index in [0.717, 1.165) is 17.3 Å². The lowest BCUT2D eigenvalue weighted by atomic mass is 10.1. The number of nitro benzene ring substituents is 1. The molecule has 2 N–H and O–H groups in total. The molecule has 0 atom stereocenters. The maximum absolute atomic E-state index is 12.3. The van der Waals surface area contributed by atoms with Crippen molar-refractivity contribution in [1.82, 2.24) is 14.8 Å². The molecule has 10 heteroatoms. The number of nitrogens with one attached hydrogen (secondary N) is 2. The van der Waals surface area contributed by atoms with Crippen LogP contribution in [0.5, 0.6) is 0 Å². The Morgan fingerprint density at radius 2 is 2.03 bits per heavy atom. The number of H-pyrrole nitrogens is 1. The van der Waals surface area contributed by atoms with Gasteiger partial charge in [-0.2, -0.15) is 0 Å². The van der Waals surface area contributed by atoms with Crippen molar-refractivity contribution in [3.63, 3.8) is 0 Å². The molecule has 0 unspecified atom stereocenters. The molecule has 0 fully saturated rings. The van der Waals surface area contributed by atoms with Crippen molar-refractivity contribution in [2.45, 2.75) is 25.0 Å². The van der Waals surface area contributed by atoms with Gasteiger partial charge >= 0.3 is 5.69 Å². The zero-order chi connectivity index (χ0) is 20.8. The van der Waals surface area contributed by atoms with Crippen LogP contribution in [0.25, 0.3) is 0 Å². The number of amides is 1. The summed E-state index contributed by atoms with van der Waals surface area (Å²) in [5.74, 6) is -0.247. The Labute approximate surface area is 170 Å². The van der Waals surface area contributed by atoms with Crippen molar-refractivity contribution in [2.75, 3.05) is 11.1 Å². The molecule has 29 heavy (non-hydrogen) atoms. The Morgan fingerprint density at radius 1 is 1.28 bits per heavy atom. The van der Waals surface area contributed by atoms with Gasteiger partial charge in [-0.05, 0) is 30.5 Å². The minimum Gasteiger partial charge on any atom is -0.325 e. The molecule has 9 nitrogen and oxygen atoms in total. The SMILES string of the molecule is Cc1cc([N+](=O)[O-])ccc1NC(=O)CSc1n[nH]c(=O)n1CCc1ccccc1. The van der Waals surface area contributed by atoms with E-state index in [-0.39, 0.29) is 23.0 Å². The van der Waals surface area contributed by atoms with Crippen molar-refractivity contribution < 1.29 is 9.72 Å². The molecule has 3 aromatic rings. The highest BCUT2D eigenvalue weighted by molar-refractivity contribution is 7.99. The number of non-ortho nitro benzene ring substituents is 1. The summed E-state index contributed by atoms with van der Waals surface area (Å²) in [6, 6.07) is 14.0. The highest BCUT2D eigenvalue weighted by Crippen LogP contribution is 2.22. The average Bonchev–Trinajstić information content (AvgIpc) is 3.06. The third-order valence-electron chi connectivity index (χ3n) is 4.22. The fraction of sp³-hybridized carbons (Fsp3) is 0.211. The Kier molecular flexibility index (Phi) is 6.45. The van der Waals surface area contributed by atoms with Crippen molar-refractivity contribution in [1.29, 1.82) is 0 Å². The first-order chi connectivity index (χ1) is 13.9. The van der Waals surface area contributed by atoms with Gasteiger partial charge in [0.15, 0.2) is 5.16 Å². The van der Waals surface area contributed by atoms with E-state index in [1.54, 1.807) is 6.92 Å². The van der Waals surface area contributed by atoms with E-state index in [9.17, 15) is 19.7 Å². The van der Waals surface area contributed by atoms with Gasteiger partial charge in [0, 0.05) is 24.4 Å². The highest BCUT2D eigenvalue weighted by Gasteiger charge is 2.13. The van der Waals surface area contributed by atoms with E-state index in [4.69, 9.17) is 0 Å². The monoisotopic (exact) mass is 413 g/mol. The fourth-order valence-corrected chi connectivity index (χ4v) is 3.49. The number of aromatic nitrogens is 3. The van der Waals surface area contributed by atoms with Gasteiger partial charge in [-0.1, -0.05) is 42.1 Å². The Balaban J connectivity index is 1.59. The van der Waals surface area contributed by atoms with Crippen LogP contribution in [0.15, 0.2) is 58.5 Å². The van der Waals surface area contributed by atoms with Gasteiger partial charge in [0.2, 0.25) is 5.91 Å². The molecule has 1 amide bonds. The molecule has 0 aliphatic rings. The number of aromatic amines is 1. The second-order valence-corrected chi connectivity index (χ2v) is 7.23. The van der Waals surface area contributed by atoms with Crippen molar-refractivity contribution in [2.24, 2.45) is 0 Å². The molecule has 0 aliphatic carbocycles. The summed E-state index contributed by atoms with van der Waals surface area (Å²) in [6.45, 7) is 2.13. The van der Waals surface area contributed by atoms with Crippen molar-refractivity contribution >= 4 is 29.0 Å².